The number of nitrogens with one attached hydrogen (secondary N) is 1. The lowest BCUT2D eigenvalue weighted by atomic mass is 9.54. The number of benzene rings is 2. The Morgan fingerprint density at radius 3 is 2.52 bits per heavy atom. The molecular formula is C21H23NO4S. The van der Waals surface area contributed by atoms with Crippen LogP contribution >= 0.6 is 0 Å². The van der Waals surface area contributed by atoms with Crippen LogP contribution in [0.25, 0.3) is 0 Å². The van der Waals surface area contributed by atoms with Crippen molar-refractivity contribution in [3.8, 4) is 0 Å². The van der Waals surface area contributed by atoms with Crippen molar-refractivity contribution >= 4 is 16.1 Å². The van der Waals surface area contributed by atoms with Crippen LogP contribution in [0.1, 0.15) is 48.4 Å². The molecule has 3 atom stereocenters. The maximum absolute atomic E-state index is 12.2. The number of carbonyl (C=O) groups is 1. The summed E-state index contributed by atoms with van der Waals surface area (Å²) in [6, 6.07) is 17.6. The van der Waals surface area contributed by atoms with Gasteiger partial charge in [0.2, 0.25) is 0 Å². The van der Waals surface area contributed by atoms with E-state index in [1.165, 1.54) is 5.56 Å². The van der Waals surface area contributed by atoms with E-state index in [0.717, 1.165) is 24.0 Å². The zero-order chi connectivity index (χ0) is 19.1. The van der Waals surface area contributed by atoms with E-state index in [1.807, 2.05) is 36.4 Å². The highest BCUT2D eigenvalue weighted by Crippen LogP contribution is 2.53. The van der Waals surface area contributed by atoms with Crippen LogP contribution < -0.4 is 4.72 Å². The average molecular weight is 385 g/mol. The largest absolute Gasteiger partial charge is 0.333 e. The number of hydrogen-bond acceptors (Lipinski definition) is 3. The Kier molecular flexibility index (Phi) is 4.66. The molecule has 4 rings (SSSR count). The van der Waals surface area contributed by atoms with E-state index < -0.39 is 16.3 Å². The lowest BCUT2D eigenvalue weighted by Gasteiger charge is -2.50. The SMILES string of the molecule is O=C1CC[C@@]2(Cc3ccccc3)c3ccccc3[C@@H](NS(=O)(=O)O)C[C@@H]2C1. The molecule has 0 spiro atoms. The van der Waals surface area contributed by atoms with Gasteiger partial charge in [0.15, 0.2) is 0 Å². The van der Waals surface area contributed by atoms with Gasteiger partial charge < -0.3 is 0 Å². The number of rotatable bonds is 4. The average Bonchev–Trinajstić information content (AvgIpc) is 2.63. The minimum absolute atomic E-state index is 0.0353. The van der Waals surface area contributed by atoms with Gasteiger partial charge in [0.05, 0.1) is 0 Å². The minimum Gasteiger partial charge on any atom is -0.300 e. The highest BCUT2D eigenvalue weighted by molar-refractivity contribution is 7.83. The second-order valence-electron chi connectivity index (χ2n) is 7.73. The molecule has 2 N–H and O–H groups in total. The summed E-state index contributed by atoms with van der Waals surface area (Å²) in [6.07, 6.45) is 3.09. The zero-order valence-corrected chi connectivity index (χ0v) is 15.8. The summed E-state index contributed by atoms with van der Waals surface area (Å²) in [6.45, 7) is 0. The highest BCUT2D eigenvalue weighted by Gasteiger charge is 2.50. The van der Waals surface area contributed by atoms with Crippen molar-refractivity contribution in [2.45, 2.75) is 43.6 Å². The topological polar surface area (TPSA) is 83.5 Å². The maximum atomic E-state index is 12.2. The molecule has 0 saturated heterocycles. The smallest absolute Gasteiger partial charge is 0.300 e. The van der Waals surface area contributed by atoms with Gasteiger partial charge >= 0.3 is 10.3 Å². The maximum Gasteiger partial charge on any atom is 0.333 e. The first-order valence-corrected chi connectivity index (χ1v) is 10.7. The van der Waals surface area contributed by atoms with Crippen molar-refractivity contribution in [3.05, 3.63) is 71.3 Å². The van der Waals surface area contributed by atoms with Gasteiger partial charge in [-0.05, 0) is 41.9 Å². The van der Waals surface area contributed by atoms with Gasteiger partial charge in [0.1, 0.15) is 5.78 Å². The Balaban J connectivity index is 1.83. The summed E-state index contributed by atoms with van der Waals surface area (Å²) in [4.78, 5) is 12.2. The van der Waals surface area contributed by atoms with E-state index in [-0.39, 0.29) is 17.1 Å². The number of fused-ring (bicyclic) bond motifs is 3. The second kappa shape index (κ2) is 6.86. The molecule has 1 fully saturated rings. The van der Waals surface area contributed by atoms with Crippen LogP contribution in [0.5, 0.6) is 0 Å². The molecule has 0 bridgehead atoms. The predicted molar refractivity (Wildman–Crippen MR) is 103 cm³/mol. The normalized spacial score (nSPS) is 27.7. The van der Waals surface area contributed by atoms with E-state index in [4.69, 9.17) is 0 Å². The molecule has 2 aliphatic carbocycles. The molecule has 0 aromatic heterocycles. The highest BCUT2D eigenvalue weighted by atomic mass is 32.2. The summed E-state index contributed by atoms with van der Waals surface area (Å²) in [5, 5.41) is 0. The number of hydrogen-bond donors (Lipinski definition) is 2. The van der Waals surface area contributed by atoms with Crippen molar-refractivity contribution in [3.63, 3.8) is 0 Å². The van der Waals surface area contributed by atoms with Gasteiger partial charge in [0, 0.05) is 24.3 Å². The number of carbonyl (C=O) groups excluding carboxylic acids is 1. The molecule has 2 aliphatic rings. The van der Waals surface area contributed by atoms with Crippen molar-refractivity contribution in [2.75, 3.05) is 0 Å². The van der Waals surface area contributed by atoms with Gasteiger partial charge in [-0.15, -0.1) is 0 Å². The first kappa shape index (κ1) is 18.3. The van der Waals surface area contributed by atoms with E-state index in [2.05, 4.69) is 22.9 Å². The Morgan fingerprint density at radius 2 is 1.78 bits per heavy atom. The fourth-order valence-electron chi connectivity index (χ4n) is 5.05. The van der Waals surface area contributed by atoms with Gasteiger partial charge in [-0.2, -0.15) is 13.1 Å². The first-order valence-electron chi connectivity index (χ1n) is 9.27. The van der Waals surface area contributed by atoms with Crippen LogP contribution in [0.3, 0.4) is 0 Å². The second-order valence-corrected chi connectivity index (χ2v) is 8.91. The van der Waals surface area contributed by atoms with Gasteiger partial charge in [0.25, 0.3) is 0 Å². The molecule has 0 unspecified atom stereocenters. The quantitative estimate of drug-likeness (QED) is 0.791. The molecule has 0 aliphatic heterocycles. The third-order valence-electron chi connectivity index (χ3n) is 6.15. The molecule has 142 valence electrons. The third-order valence-corrected chi connectivity index (χ3v) is 6.73. The Hall–Kier alpha value is -2.02. The van der Waals surface area contributed by atoms with Crippen LogP contribution in [-0.4, -0.2) is 18.8 Å². The third kappa shape index (κ3) is 3.57. The molecule has 5 nitrogen and oxygen atoms in total. The zero-order valence-electron chi connectivity index (χ0n) is 15.0. The monoisotopic (exact) mass is 385 g/mol. The van der Waals surface area contributed by atoms with Crippen molar-refractivity contribution < 1.29 is 17.8 Å². The van der Waals surface area contributed by atoms with E-state index in [1.54, 1.807) is 0 Å². The Bertz CT molecular complexity index is 957. The molecular weight excluding hydrogens is 362 g/mol. The van der Waals surface area contributed by atoms with Crippen molar-refractivity contribution in [1.82, 2.24) is 4.72 Å². The molecule has 0 heterocycles. The van der Waals surface area contributed by atoms with Crippen molar-refractivity contribution in [2.24, 2.45) is 5.92 Å². The lowest BCUT2D eigenvalue weighted by Crippen LogP contribution is -2.49. The molecule has 0 radical (unpaired) electrons. The molecule has 2 aromatic rings. The minimum atomic E-state index is -4.33. The van der Waals surface area contributed by atoms with Gasteiger partial charge in [-0.1, -0.05) is 54.6 Å². The predicted octanol–water partition coefficient (Wildman–Crippen LogP) is 3.37. The van der Waals surface area contributed by atoms with Crippen LogP contribution in [0, 0.1) is 5.92 Å². The number of ketones is 1. The standard InChI is InChI=1S/C21H23NO4S/c23-17-10-11-21(14-15-6-2-1-3-7-15)16(12-17)13-20(22-27(24,25)26)18-8-4-5-9-19(18)21/h1-9,16,20,22H,10-14H2,(H,24,25,26)/t16-,20-,21-/m0/s1. The molecule has 6 heteroatoms. The van der Waals surface area contributed by atoms with Crippen LogP contribution in [0.2, 0.25) is 0 Å². The summed E-state index contributed by atoms with van der Waals surface area (Å²) in [5.41, 5.74) is 3.02. The fraction of sp³-hybridized carbons (Fsp3) is 0.381. The lowest BCUT2D eigenvalue weighted by molar-refractivity contribution is -0.123. The Labute approximate surface area is 159 Å². The van der Waals surface area contributed by atoms with Crippen LogP contribution in [-0.2, 0) is 26.9 Å². The van der Waals surface area contributed by atoms with Gasteiger partial charge in [-0.3, -0.25) is 9.35 Å². The summed E-state index contributed by atoms with van der Waals surface area (Å²) >= 11 is 0. The molecule has 1 saturated carbocycles. The van der Waals surface area contributed by atoms with E-state index >= 15 is 0 Å². The molecule has 0 amide bonds. The van der Waals surface area contributed by atoms with Crippen molar-refractivity contribution in [1.29, 1.82) is 0 Å². The van der Waals surface area contributed by atoms with Crippen LogP contribution in [0.4, 0.5) is 0 Å². The molecule has 27 heavy (non-hydrogen) atoms. The molecule has 2 aromatic carbocycles. The first-order chi connectivity index (χ1) is 12.9. The van der Waals surface area contributed by atoms with Gasteiger partial charge in [-0.25, -0.2) is 0 Å². The Morgan fingerprint density at radius 1 is 1.07 bits per heavy atom. The van der Waals surface area contributed by atoms with E-state index in [9.17, 15) is 17.8 Å². The summed E-state index contributed by atoms with van der Waals surface area (Å²) in [7, 11) is -4.33. The summed E-state index contributed by atoms with van der Waals surface area (Å²) < 4.78 is 34.7. The summed E-state index contributed by atoms with van der Waals surface area (Å²) in [5.74, 6) is 0.266. The number of Topliss-reactive ketones (excluding diaryl/α,β-unsaturated/α-hetero) is 1. The van der Waals surface area contributed by atoms with Crippen LogP contribution in [0.15, 0.2) is 54.6 Å². The van der Waals surface area contributed by atoms with E-state index in [0.29, 0.717) is 19.3 Å². The fourth-order valence-corrected chi connectivity index (χ4v) is 5.63.